The maximum atomic E-state index is 5.51. The third kappa shape index (κ3) is 2.65. The Hall–Kier alpha value is -1.20. The normalized spacial score (nSPS) is 9.00. The van der Waals surface area contributed by atoms with E-state index in [1.807, 2.05) is 18.2 Å². The second kappa shape index (κ2) is 5.51. The number of benzene rings is 1. The van der Waals surface area contributed by atoms with Crippen LogP contribution in [0.2, 0.25) is 0 Å². The standard InChI is InChI=1S/C12H13OS/c1-3-5-9-13-11-7-6-8-12(14)10(11)4-2/h6-8H,4,9H2,1-2H3. The zero-order chi connectivity index (χ0) is 10.4. The molecule has 0 atom stereocenters. The van der Waals surface area contributed by atoms with Crippen molar-refractivity contribution in [2.75, 3.05) is 6.61 Å². The van der Waals surface area contributed by atoms with Gasteiger partial charge in [0.2, 0.25) is 0 Å². The molecule has 0 saturated heterocycles. The Labute approximate surface area is 90.9 Å². The van der Waals surface area contributed by atoms with Crippen LogP contribution in [0.1, 0.15) is 19.4 Å². The molecule has 0 spiro atoms. The van der Waals surface area contributed by atoms with Crippen LogP contribution in [0.5, 0.6) is 5.75 Å². The highest BCUT2D eigenvalue weighted by atomic mass is 32.1. The van der Waals surface area contributed by atoms with Gasteiger partial charge in [-0.05, 0) is 25.5 Å². The molecule has 1 rings (SSSR count). The zero-order valence-corrected chi connectivity index (χ0v) is 9.28. The minimum absolute atomic E-state index is 0.433. The molecule has 2 heteroatoms. The first kappa shape index (κ1) is 10.9. The lowest BCUT2D eigenvalue weighted by Gasteiger charge is -2.09. The molecule has 1 aromatic rings. The molecule has 0 heterocycles. The monoisotopic (exact) mass is 205 g/mol. The summed E-state index contributed by atoms with van der Waals surface area (Å²) in [6, 6.07) is 5.77. The van der Waals surface area contributed by atoms with E-state index in [1.165, 1.54) is 0 Å². The topological polar surface area (TPSA) is 9.23 Å². The molecule has 1 nitrogen and oxygen atoms in total. The van der Waals surface area contributed by atoms with Gasteiger partial charge < -0.3 is 4.74 Å². The van der Waals surface area contributed by atoms with Crippen LogP contribution >= 0.6 is 12.6 Å². The highest BCUT2D eigenvalue weighted by Crippen LogP contribution is 2.25. The number of hydrogen-bond acceptors (Lipinski definition) is 1. The van der Waals surface area contributed by atoms with E-state index >= 15 is 0 Å². The molecular formula is C12H13OS. The lowest BCUT2D eigenvalue weighted by molar-refractivity contribution is 0.365. The molecule has 1 radical (unpaired) electrons. The van der Waals surface area contributed by atoms with Gasteiger partial charge in [-0.3, -0.25) is 0 Å². The lowest BCUT2D eigenvalue weighted by atomic mass is 10.1. The summed E-state index contributed by atoms with van der Waals surface area (Å²) in [6.07, 6.45) is 0.897. The maximum Gasteiger partial charge on any atom is 0.149 e. The Bertz CT molecular complexity index is 360. The van der Waals surface area contributed by atoms with Gasteiger partial charge in [-0.1, -0.05) is 31.5 Å². The number of ether oxygens (including phenoxy) is 1. The van der Waals surface area contributed by atoms with Crippen LogP contribution < -0.4 is 4.74 Å². The van der Waals surface area contributed by atoms with Crippen molar-refractivity contribution in [3.63, 3.8) is 0 Å². The van der Waals surface area contributed by atoms with Crippen molar-refractivity contribution in [2.45, 2.75) is 25.2 Å². The number of hydrogen-bond donors (Lipinski definition) is 0. The fraction of sp³-hybridized carbons (Fsp3) is 0.333. The molecule has 0 amide bonds. The van der Waals surface area contributed by atoms with Gasteiger partial charge >= 0.3 is 0 Å². The summed E-state index contributed by atoms with van der Waals surface area (Å²) in [5.41, 5.74) is 1.10. The SMILES string of the molecule is CC#CCOc1cccc([S])c1CC. The zero-order valence-electron chi connectivity index (χ0n) is 8.46. The van der Waals surface area contributed by atoms with E-state index in [4.69, 9.17) is 17.4 Å². The van der Waals surface area contributed by atoms with Crippen LogP contribution in [0.3, 0.4) is 0 Å². The summed E-state index contributed by atoms with van der Waals surface area (Å²) in [4.78, 5) is 0.870. The second-order valence-corrected chi connectivity index (χ2v) is 3.24. The van der Waals surface area contributed by atoms with Crippen LogP contribution in [0.15, 0.2) is 23.1 Å². The molecule has 14 heavy (non-hydrogen) atoms. The van der Waals surface area contributed by atoms with E-state index in [0.717, 1.165) is 22.6 Å². The molecule has 0 bridgehead atoms. The van der Waals surface area contributed by atoms with Gasteiger partial charge in [0.1, 0.15) is 12.4 Å². The Morgan fingerprint density at radius 1 is 1.43 bits per heavy atom. The van der Waals surface area contributed by atoms with Gasteiger partial charge in [-0.2, -0.15) is 0 Å². The third-order valence-corrected chi connectivity index (χ3v) is 2.30. The quantitative estimate of drug-likeness (QED) is 0.688. The number of rotatable bonds is 3. The summed E-state index contributed by atoms with van der Waals surface area (Å²) in [5.74, 6) is 6.51. The first-order valence-corrected chi connectivity index (χ1v) is 5.01. The molecule has 0 fully saturated rings. The lowest BCUT2D eigenvalue weighted by Crippen LogP contribution is -1.98. The maximum absolute atomic E-state index is 5.51. The highest BCUT2D eigenvalue weighted by molar-refractivity contribution is 7.80. The van der Waals surface area contributed by atoms with Crippen molar-refractivity contribution in [3.05, 3.63) is 23.8 Å². The molecule has 73 valence electrons. The van der Waals surface area contributed by atoms with Crippen LogP contribution in [-0.4, -0.2) is 6.61 Å². The Morgan fingerprint density at radius 3 is 2.86 bits per heavy atom. The van der Waals surface area contributed by atoms with E-state index in [9.17, 15) is 0 Å². The summed E-state index contributed by atoms with van der Waals surface area (Å²) in [5, 5.41) is 0. The molecule has 1 aromatic carbocycles. The molecule has 0 aromatic heterocycles. The summed E-state index contributed by atoms with van der Waals surface area (Å²) < 4.78 is 5.51. The predicted molar refractivity (Wildman–Crippen MR) is 60.6 cm³/mol. The van der Waals surface area contributed by atoms with Crippen molar-refractivity contribution >= 4 is 12.6 Å². The molecule has 0 unspecified atom stereocenters. The average Bonchev–Trinajstić information content (AvgIpc) is 2.18. The van der Waals surface area contributed by atoms with E-state index in [2.05, 4.69) is 18.8 Å². The average molecular weight is 205 g/mol. The van der Waals surface area contributed by atoms with Crippen molar-refractivity contribution in [3.8, 4) is 17.6 Å². The van der Waals surface area contributed by atoms with Crippen LogP contribution in [0.4, 0.5) is 0 Å². The molecule has 0 aliphatic rings. The minimum atomic E-state index is 0.433. The summed E-state index contributed by atoms with van der Waals surface area (Å²) in [7, 11) is 0. The predicted octanol–water partition coefficient (Wildman–Crippen LogP) is 3.21. The highest BCUT2D eigenvalue weighted by Gasteiger charge is 2.04. The Balaban J connectivity index is 2.83. The molecule has 0 aliphatic heterocycles. The van der Waals surface area contributed by atoms with Gasteiger partial charge in [-0.25, -0.2) is 0 Å². The van der Waals surface area contributed by atoms with Gasteiger partial charge in [0.25, 0.3) is 0 Å². The van der Waals surface area contributed by atoms with Crippen LogP contribution in [0.25, 0.3) is 0 Å². The van der Waals surface area contributed by atoms with Crippen molar-refractivity contribution < 1.29 is 4.74 Å². The summed E-state index contributed by atoms with van der Waals surface area (Å²) in [6.45, 7) is 4.30. The smallest absolute Gasteiger partial charge is 0.149 e. The van der Waals surface area contributed by atoms with Crippen LogP contribution in [0, 0.1) is 11.8 Å². The second-order valence-electron chi connectivity index (χ2n) is 2.80. The first-order valence-electron chi connectivity index (χ1n) is 4.61. The third-order valence-electron chi connectivity index (χ3n) is 1.92. The summed E-state index contributed by atoms with van der Waals surface area (Å²) >= 11 is 5.20. The van der Waals surface area contributed by atoms with Crippen molar-refractivity contribution in [1.82, 2.24) is 0 Å². The van der Waals surface area contributed by atoms with E-state index in [-0.39, 0.29) is 0 Å². The molecule has 0 aliphatic carbocycles. The molecule has 0 N–H and O–H groups in total. The molecular weight excluding hydrogens is 192 g/mol. The van der Waals surface area contributed by atoms with Crippen LogP contribution in [-0.2, 0) is 6.42 Å². The Morgan fingerprint density at radius 2 is 2.21 bits per heavy atom. The first-order chi connectivity index (χ1) is 6.79. The van der Waals surface area contributed by atoms with Gasteiger partial charge in [0, 0.05) is 10.5 Å². The van der Waals surface area contributed by atoms with E-state index in [0.29, 0.717) is 6.61 Å². The fourth-order valence-electron chi connectivity index (χ4n) is 1.22. The minimum Gasteiger partial charge on any atom is -0.481 e. The largest absolute Gasteiger partial charge is 0.481 e. The van der Waals surface area contributed by atoms with Crippen molar-refractivity contribution in [2.24, 2.45) is 0 Å². The molecule has 0 saturated carbocycles. The van der Waals surface area contributed by atoms with E-state index < -0.39 is 0 Å². The van der Waals surface area contributed by atoms with Crippen molar-refractivity contribution in [1.29, 1.82) is 0 Å². The van der Waals surface area contributed by atoms with Gasteiger partial charge in [0.15, 0.2) is 0 Å². The fourth-order valence-corrected chi connectivity index (χ4v) is 1.54. The van der Waals surface area contributed by atoms with E-state index in [1.54, 1.807) is 6.92 Å². The Kier molecular flexibility index (Phi) is 4.28. The van der Waals surface area contributed by atoms with Gasteiger partial charge in [-0.15, -0.1) is 5.92 Å². The van der Waals surface area contributed by atoms with Gasteiger partial charge in [0.05, 0.1) is 0 Å².